The van der Waals surface area contributed by atoms with Crippen LogP contribution in [0.3, 0.4) is 0 Å². The second kappa shape index (κ2) is 13.0. The SMILES string of the molecule is CCCCOC(=O)N1CCC(NC(=O)OC(C)(C)C)(C(=O)NCCC(O)c2ccc(Cl)cc2)CC1. The number of rotatable bonds is 9. The van der Waals surface area contributed by atoms with E-state index in [1.54, 1.807) is 49.9 Å². The maximum absolute atomic E-state index is 13.3. The normalized spacial score (nSPS) is 16.2. The summed E-state index contributed by atoms with van der Waals surface area (Å²) in [5.74, 6) is -0.384. The van der Waals surface area contributed by atoms with Crippen molar-refractivity contribution in [3.8, 4) is 0 Å². The number of aliphatic hydroxyl groups is 1. The van der Waals surface area contributed by atoms with E-state index in [0.29, 0.717) is 17.2 Å². The van der Waals surface area contributed by atoms with Crippen LogP contribution in [0.15, 0.2) is 24.3 Å². The lowest BCUT2D eigenvalue weighted by Gasteiger charge is -2.40. The number of likely N-dealkylation sites (tertiary alicyclic amines) is 1. The minimum Gasteiger partial charge on any atom is -0.449 e. The van der Waals surface area contributed by atoms with Gasteiger partial charge in [-0.05, 0) is 64.2 Å². The van der Waals surface area contributed by atoms with Crippen molar-refractivity contribution in [2.24, 2.45) is 0 Å². The van der Waals surface area contributed by atoms with Crippen molar-refractivity contribution in [3.63, 3.8) is 0 Å². The first kappa shape index (κ1) is 28.7. The Morgan fingerprint density at radius 2 is 1.80 bits per heavy atom. The third kappa shape index (κ3) is 9.22. The summed E-state index contributed by atoms with van der Waals surface area (Å²) in [6.45, 7) is 8.29. The number of piperidine rings is 1. The van der Waals surface area contributed by atoms with Gasteiger partial charge in [-0.15, -0.1) is 0 Å². The van der Waals surface area contributed by atoms with Crippen LogP contribution in [0.1, 0.15) is 71.5 Å². The summed E-state index contributed by atoms with van der Waals surface area (Å²) in [6, 6.07) is 6.85. The first-order valence-electron chi connectivity index (χ1n) is 12.1. The van der Waals surface area contributed by atoms with Crippen molar-refractivity contribution in [2.45, 2.75) is 77.0 Å². The Balaban J connectivity index is 2.01. The molecule has 3 amide bonds. The van der Waals surface area contributed by atoms with Gasteiger partial charge >= 0.3 is 12.2 Å². The molecule has 3 N–H and O–H groups in total. The van der Waals surface area contributed by atoms with Crippen LogP contribution in [0, 0.1) is 0 Å². The number of hydrogen-bond donors (Lipinski definition) is 3. The largest absolute Gasteiger partial charge is 0.449 e. The Labute approximate surface area is 212 Å². The van der Waals surface area contributed by atoms with Gasteiger partial charge in [0.2, 0.25) is 5.91 Å². The molecule has 1 aromatic carbocycles. The summed E-state index contributed by atoms with van der Waals surface area (Å²) in [6.07, 6.45) is 0.509. The van der Waals surface area contributed by atoms with Crippen LogP contribution in [0.5, 0.6) is 0 Å². The van der Waals surface area contributed by atoms with Crippen molar-refractivity contribution < 1.29 is 29.0 Å². The summed E-state index contributed by atoms with van der Waals surface area (Å²) in [4.78, 5) is 39.7. The first-order valence-corrected chi connectivity index (χ1v) is 12.5. The average Bonchev–Trinajstić information content (AvgIpc) is 2.78. The molecule has 1 aromatic rings. The number of benzene rings is 1. The van der Waals surface area contributed by atoms with Crippen LogP contribution >= 0.6 is 11.6 Å². The van der Waals surface area contributed by atoms with Crippen molar-refractivity contribution >= 4 is 29.7 Å². The number of unbranched alkanes of at least 4 members (excludes halogenated alkanes) is 1. The summed E-state index contributed by atoms with van der Waals surface area (Å²) < 4.78 is 10.7. The highest BCUT2D eigenvalue weighted by molar-refractivity contribution is 6.30. The van der Waals surface area contributed by atoms with Gasteiger partial charge in [0.05, 0.1) is 12.7 Å². The van der Waals surface area contributed by atoms with E-state index >= 15 is 0 Å². The number of aliphatic hydroxyl groups excluding tert-OH is 1. The highest BCUT2D eigenvalue weighted by atomic mass is 35.5. The lowest BCUT2D eigenvalue weighted by Crippen LogP contribution is -2.64. The molecule has 0 radical (unpaired) electrons. The zero-order valence-electron chi connectivity index (χ0n) is 21.1. The molecule has 9 nitrogen and oxygen atoms in total. The van der Waals surface area contributed by atoms with Gasteiger partial charge in [0, 0.05) is 24.7 Å². The molecule has 0 bridgehead atoms. The summed E-state index contributed by atoms with van der Waals surface area (Å²) >= 11 is 5.89. The van der Waals surface area contributed by atoms with Crippen LogP contribution in [0.2, 0.25) is 5.02 Å². The Bertz CT molecular complexity index is 848. The lowest BCUT2D eigenvalue weighted by atomic mass is 9.86. The molecular weight excluding hydrogens is 474 g/mol. The van der Waals surface area contributed by atoms with Crippen molar-refractivity contribution in [2.75, 3.05) is 26.2 Å². The van der Waals surface area contributed by atoms with E-state index in [1.165, 1.54) is 0 Å². The molecule has 1 unspecified atom stereocenters. The number of nitrogens with zero attached hydrogens (tertiary/aromatic N) is 1. The van der Waals surface area contributed by atoms with E-state index in [9.17, 15) is 19.5 Å². The molecule has 1 saturated heterocycles. The minimum atomic E-state index is -1.24. The zero-order chi connectivity index (χ0) is 26.1. The van der Waals surface area contributed by atoms with E-state index in [2.05, 4.69) is 10.6 Å². The fourth-order valence-electron chi connectivity index (χ4n) is 3.72. The maximum Gasteiger partial charge on any atom is 0.409 e. The van der Waals surface area contributed by atoms with Crippen LogP contribution in [0.25, 0.3) is 0 Å². The zero-order valence-corrected chi connectivity index (χ0v) is 21.8. The smallest absolute Gasteiger partial charge is 0.409 e. The Hall–Kier alpha value is -2.52. The maximum atomic E-state index is 13.3. The average molecular weight is 512 g/mol. The number of halogens is 1. The molecule has 2 rings (SSSR count). The van der Waals surface area contributed by atoms with Crippen molar-refractivity contribution in [1.29, 1.82) is 0 Å². The van der Waals surface area contributed by atoms with Crippen molar-refractivity contribution in [1.82, 2.24) is 15.5 Å². The highest BCUT2D eigenvalue weighted by Gasteiger charge is 2.44. The monoisotopic (exact) mass is 511 g/mol. The predicted molar refractivity (Wildman–Crippen MR) is 133 cm³/mol. The molecule has 10 heteroatoms. The summed E-state index contributed by atoms with van der Waals surface area (Å²) in [7, 11) is 0. The van der Waals surface area contributed by atoms with Gasteiger partial charge in [-0.2, -0.15) is 0 Å². The number of nitrogens with one attached hydrogen (secondary N) is 2. The molecule has 1 aliphatic heterocycles. The molecule has 1 aliphatic rings. The molecule has 196 valence electrons. The molecule has 0 aliphatic carbocycles. The van der Waals surface area contributed by atoms with Crippen LogP contribution in [-0.2, 0) is 14.3 Å². The third-order valence-electron chi connectivity index (χ3n) is 5.73. The summed E-state index contributed by atoms with van der Waals surface area (Å²) in [5, 5.41) is 16.6. The fraction of sp³-hybridized carbons (Fsp3) is 0.640. The molecule has 0 aromatic heterocycles. The quantitative estimate of drug-likeness (QED) is 0.428. The first-order chi connectivity index (χ1) is 16.5. The number of hydrogen-bond acceptors (Lipinski definition) is 6. The topological polar surface area (TPSA) is 117 Å². The standard InChI is InChI=1S/C25H38ClN3O6/c1-5-6-17-34-23(33)29-15-12-25(13-16-29,28-22(32)35-24(2,3)4)21(31)27-14-11-20(30)18-7-9-19(26)10-8-18/h7-10,20,30H,5-6,11-17H2,1-4H3,(H,27,31)(H,28,32). The molecule has 0 spiro atoms. The van der Waals surface area contributed by atoms with Gasteiger partial charge in [-0.3, -0.25) is 4.79 Å². The van der Waals surface area contributed by atoms with Gasteiger partial charge in [-0.1, -0.05) is 37.1 Å². The molecule has 1 heterocycles. The number of ether oxygens (including phenoxy) is 2. The number of carbonyl (C=O) groups excluding carboxylic acids is 3. The number of alkyl carbamates (subject to hydrolysis) is 1. The summed E-state index contributed by atoms with van der Waals surface area (Å²) in [5.41, 5.74) is -1.28. The second-order valence-corrected chi connectivity index (χ2v) is 10.2. The van der Waals surface area contributed by atoms with Crippen LogP contribution in [-0.4, -0.2) is 65.5 Å². The van der Waals surface area contributed by atoms with Crippen LogP contribution in [0.4, 0.5) is 9.59 Å². The predicted octanol–water partition coefficient (Wildman–Crippen LogP) is 4.18. The van der Waals surface area contributed by atoms with Gasteiger partial charge < -0.3 is 30.1 Å². The Morgan fingerprint density at radius 3 is 2.37 bits per heavy atom. The molecule has 35 heavy (non-hydrogen) atoms. The number of carbonyl (C=O) groups is 3. The van der Waals surface area contributed by atoms with Crippen molar-refractivity contribution in [3.05, 3.63) is 34.9 Å². The highest BCUT2D eigenvalue weighted by Crippen LogP contribution is 2.25. The number of amides is 3. The Kier molecular flexibility index (Phi) is 10.6. The van der Waals surface area contributed by atoms with E-state index in [4.69, 9.17) is 21.1 Å². The van der Waals surface area contributed by atoms with E-state index in [0.717, 1.165) is 12.8 Å². The van der Waals surface area contributed by atoms with E-state index in [-0.39, 0.29) is 44.8 Å². The van der Waals surface area contributed by atoms with Crippen LogP contribution < -0.4 is 10.6 Å². The minimum absolute atomic E-state index is 0.198. The van der Waals surface area contributed by atoms with E-state index in [1.807, 2.05) is 6.92 Å². The molecule has 0 saturated carbocycles. The third-order valence-corrected chi connectivity index (χ3v) is 5.98. The van der Waals surface area contributed by atoms with Gasteiger partial charge in [0.1, 0.15) is 11.1 Å². The lowest BCUT2D eigenvalue weighted by molar-refractivity contribution is -0.129. The molecule has 1 fully saturated rings. The van der Waals surface area contributed by atoms with Gasteiger partial charge in [0.15, 0.2) is 0 Å². The molecular formula is C25H38ClN3O6. The second-order valence-electron chi connectivity index (χ2n) is 9.78. The fourth-order valence-corrected chi connectivity index (χ4v) is 3.84. The Morgan fingerprint density at radius 1 is 1.17 bits per heavy atom. The molecule has 1 atom stereocenters. The van der Waals surface area contributed by atoms with Gasteiger partial charge in [0.25, 0.3) is 0 Å². The van der Waals surface area contributed by atoms with E-state index < -0.39 is 29.4 Å². The van der Waals surface area contributed by atoms with Gasteiger partial charge in [-0.25, -0.2) is 9.59 Å².